The number of hydrogen-bond donors (Lipinski definition) is 2. The van der Waals surface area contributed by atoms with Gasteiger partial charge in [0.1, 0.15) is 17.1 Å². The molecule has 0 aliphatic carbocycles. The maximum Gasteiger partial charge on any atom is 0.433 e. The lowest BCUT2D eigenvalue weighted by molar-refractivity contribution is -0.160. The van der Waals surface area contributed by atoms with Crippen molar-refractivity contribution in [1.82, 2.24) is 20.2 Å². The minimum absolute atomic E-state index is 0.0174. The van der Waals surface area contributed by atoms with Crippen molar-refractivity contribution in [3.8, 4) is 0 Å². The molecule has 2 aromatic rings. The average Bonchev–Trinajstić information content (AvgIpc) is 3.23. The zero-order chi connectivity index (χ0) is 28.4. The van der Waals surface area contributed by atoms with Crippen LogP contribution in [0.1, 0.15) is 51.8 Å². The molecule has 2 aromatic heterocycles. The quantitative estimate of drug-likeness (QED) is 0.519. The summed E-state index contributed by atoms with van der Waals surface area (Å²) in [5.74, 6) is -0.199. The Morgan fingerprint density at radius 1 is 1.13 bits per heavy atom. The first-order valence-corrected chi connectivity index (χ1v) is 12.8. The molecule has 1 amide bonds. The molecule has 12 heteroatoms. The highest BCUT2D eigenvalue weighted by Crippen LogP contribution is 2.30. The van der Waals surface area contributed by atoms with Crippen molar-refractivity contribution >= 4 is 29.1 Å². The molecule has 0 spiro atoms. The Morgan fingerprint density at radius 2 is 1.85 bits per heavy atom. The predicted molar refractivity (Wildman–Crippen MR) is 140 cm³/mol. The molecule has 2 aliphatic heterocycles. The van der Waals surface area contributed by atoms with Gasteiger partial charge in [-0.1, -0.05) is 0 Å². The van der Waals surface area contributed by atoms with Crippen LogP contribution in [0.4, 0.5) is 24.7 Å². The van der Waals surface area contributed by atoms with Gasteiger partial charge in [0.2, 0.25) is 5.91 Å². The first kappa shape index (κ1) is 28.2. The molecule has 0 saturated carbocycles. The third kappa shape index (κ3) is 7.39. The lowest BCUT2D eigenvalue weighted by Gasteiger charge is -2.33. The first-order valence-electron chi connectivity index (χ1n) is 12.8. The fourth-order valence-electron chi connectivity index (χ4n) is 4.47. The largest absolute Gasteiger partial charge is 0.460 e. The Balaban J connectivity index is 1.30. The highest BCUT2D eigenvalue weighted by molar-refractivity contribution is 5.91. The fraction of sp³-hybridized carbons (Fsp3) is 0.481. The molecule has 210 valence electrons. The van der Waals surface area contributed by atoms with E-state index in [9.17, 15) is 22.8 Å². The van der Waals surface area contributed by atoms with E-state index in [1.807, 2.05) is 33.8 Å². The highest BCUT2D eigenvalue weighted by atomic mass is 19.4. The number of nitrogens with one attached hydrogen (secondary N) is 2. The number of esters is 1. The van der Waals surface area contributed by atoms with Crippen molar-refractivity contribution in [2.24, 2.45) is 5.92 Å². The fourth-order valence-corrected chi connectivity index (χ4v) is 4.47. The molecule has 1 unspecified atom stereocenters. The number of pyridine rings is 2. The summed E-state index contributed by atoms with van der Waals surface area (Å²) in [6.45, 7) is 8.78. The van der Waals surface area contributed by atoms with Gasteiger partial charge in [0.15, 0.2) is 0 Å². The summed E-state index contributed by atoms with van der Waals surface area (Å²) in [5, 5.41) is 5.85. The van der Waals surface area contributed by atoms with Crippen LogP contribution in [0.2, 0.25) is 0 Å². The summed E-state index contributed by atoms with van der Waals surface area (Å²) >= 11 is 0. The van der Waals surface area contributed by atoms with Crippen LogP contribution in [0.3, 0.4) is 0 Å². The number of anilines is 2. The number of alkyl halides is 3. The van der Waals surface area contributed by atoms with Gasteiger partial charge in [0.25, 0.3) is 0 Å². The van der Waals surface area contributed by atoms with Crippen LogP contribution in [-0.2, 0) is 20.5 Å². The molecule has 2 N–H and O–H groups in total. The van der Waals surface area contributed by atoms with Gasteiger partial charge in [-0.05, 0) is 64.8 Å². The number of aromatic nitrogens is 2. The standard InChI is InChI=1S/C27H33F3N6O3/c1-17-33-21(19-7-10-31-22(13-19)27(28,29)30)15-36(17)16-24(37)34-23-6-5-20(14-32-23)35-11-8-18(9-12-35)25(38)39-26(2,3)4/h5-7,10,13-15,17-18,33H,8-9,11-12,16H2,1-4H3,(H,32,34,37). The first-order chi connectivity index (χ1) is 18.3. The summed E-state index contributed by atoms with van der Waals surface area (Å²) < 4.78 is 44.6. The maximum absolute atomic E-state index is 13.0. The molecule has 0 bridgehead atoms. The van der Waals surface area contributed by atoms with E-state index < -0.39 is 17.5 Å². The zero-order valence-corrected chi connectivity index (χ0v) is 22.4. The van der Waals surface area contributed by atoms with E-state index >= 15 is 0 Å². The maximum atomic E-state index is 13.0. The second-order valence-electron chi connectivity index (χ2n) is 10.7. The number of carbonyl (C=O) groups is 2. The van der Waals surface area contributed by atoms with Crippen LogP contribution in [0.25, 0.3) is 5.70 Å². The number of ether oxygens (including phenoxy) is 1. The molecular formula is C27H33F3N6O3. The van der Waals surface area contributed by atoms with E-state index in [0.717, 1.165) is 18.0 Å². The molecule has 1 saturated heterocycles. The molecular weight excluding hydrogens is 513 g/mol. The van der Waals surface area contributed by atoms with Gasteiger partial charge in [0, 0.05) is 31.0 Å². The van der Waals surface area contributed by atoms with Gasteiger partial charge in [0.05, 0.1) is 36.2 Å². The minimum Gasteiger partial charge on any atom is -0.460 e. The summed E-state index contributed by atoms with van der Waals surface area (Å²) in [6.07, 6.45) is 0.968. The van der Waals surface area contributed by atoms with Gasteiger partial charge in [-0.15, -0.1) is 0 Å². The zero-order valence-electron chi connectivity index (χ0n) is 22.4. The summed E-state index contributed by atoms with van der Waals surface area (Å²) in [7, 11) is 0. The van der Waals surface area contributed by atoms with Crippen molar-refractivity contribution in [3.63, 3.8) is 0 Å². The number of halogens is 3. The molecule has 4 heterocycles. The molecule has 4 rings (SSSR count). The minimum atomic E-state index is -4.54. The Kier molecular flexibility index (Phi) is 8.03. The monoisotopic (exact) mass is 546 g/mol. The molecule has 1 atom stereocenters. The van der Waals surface area contributed by atoms with E-state index in [2.05, 4.69) is 25.5 Å². The Bertz CT molecular complexity index is 1220. The average molecular weight is 547 g/mol. The summed E-state index contributed by atoms with van der Waals surface area (Å²) in [4.78, 5) is 36.6. The SMILES string of the molecule is CC1NC(c2ccnc(C(F)(F)F)c2)=CN1CC(=O)Nc1ccc(N2CCC(C(=O)OC(C)(C)C)CC2)cn1. The van der Waals surface area contributed by atoms with Crippen LogP contribution in [-0.4, -0.2) is 58.1 Å². The summed E-state index contributed by atoms with van der Waals surface area (Å²) in [5.41, 5.74) is 0.228. The number of hydrogen-bond acceptors (Lipinski definition) is 8. The smallest absolute Gasteiger partial charge is 0.433 e. The van der Waals surface area contributed by atoms with Gasteiger partial charge in [-0.3, -0.25) is 14.6 Å². The van der Waals surface area contributed by atoms with Crippen LogP contribution in [0.5, 0.6) is 0 Å². The van der Waals surface area contributed by atoms with Gasteiger partial charge in [-0.25, -0.2) is 4.98 Å². The van der Waals surface area contributed by atoms with E-state index in [1.54, 1.807) is 23.4 Å². The van der Waals surface area contributed by atoms with Crippen molar-refractivity contribution in [3.05, 3.63) is 54.1 Å². The van der Waals surface area contributed by atoms with Gasteiger partial charge >= 0.3 is 12.1 Å². The Hall–Kier alpha value is -3.83. The molecule has 2 aliphatic rings. The number of rotatable bonds is 6. The summed E-state index contributed by atoms with van der Waals surface area (Å²) in [6, 6.07) is 6.04. The van der Waals surface area contributed by atoms with E-state index in [1.165, 1.54) is 6.07 Å². The highest BCUT2D eigenvalue weighted by Gasteiger charge is 2.33. The van der Waals surface area contributed by atoms with E-state index in [-0.39, 0.29) is 30.5 Å². The second-order valence-corrected chi connectivity index (χ2v) is 10.7. The molecule has 0 aromatic carbocycles. The van der Waals surface area contributed by atoms with Crippen molar-refractivity contribution < 1.29 is 27.5 Å². The van der Waals surface area contributed by atoms with Crippen LogP contribution >= 0.6 is 0 Å². The van der Waals surface area contributed by atoms with Crippen LogP contribution in [0, 0.1) is 5.92 Å². The number of carbonyl (C=O) groups excluding carboxylic acids is 2. The molecule has 39 heavy (non-hydrogen) atoms. The van der Waals surface area contributed by atoms with E-state index in [0.29, 0.717) is 43.0 Å². The molecule has 1 fully saturated rings. The number of amides is 1. The number of piperidine rings is 1. The Morgan fingerprint density at radius 3 is 2.46 bits per heavy atom. The molecule has 0 radical (unpaired) electrons. The van der Waals surface area contributed by atoms with Crippen LogP contribution in [0.15, 0.2) is 42.9 Å². The lowest BCUT2D eigenvalue weighted by Crippen LogP contribution is -2.39. The van der Waals surface area contributed by atoms with Gasteiger partial charge in [-0.2, -0.15) is 13.2 Å². The lowest BCUT2D eigenvalue weighted by atomic mass is 9.96. The number of nitrogens with zero attached hydrogens (tertiary/aromatic N) is 4. The van der Waals surface area contributed by atoms with Gasteiger partial charge < -0.3 is 25.2 Å². The van der Waals surface area contributed by atoms with Crippen molar-refractivity contribution in [1.29, 1.82) is 0 Å². The topological polar surface area (TPSA) is 99.7 Å². The van der Waals surface area contributed by atoms with Crippen molar-refractivity contribution in [2.75, 3.05) is 29.9 Å². The predicted octanol–water partition coefficient (Wildman–Crippen LogP) is 4.24. The third-order valence-corrected chi connectivity index (χ3v) is 6.46. The molecule has 9 nitrogen and oxygen atoms in total. The normalized spacial score (nSPS) is 18.4. The Labute approximate surface area is 225 Å². The van der Waals surface area contributed by atoms with Crippen LogP contribution < -0.4 is 15.5 Å². The second kappa shape index (κ2) is 11.1. The van der Waals surface area contributed by atoms with E-state index in [4.69, 9.17) is 4.74 Å². The third-order valence-electron chi connectivity index (χ3n) is 6.46. The van der Waals surface area contributed by atoms with Crippen molar-refractivity contribution in [2.45, 2.75) is 58.5 Å².